The topological polar surface area (TPSA) is 132 Å². The first kappa shape index (κ1) is 28.5. The van der Waals surface area contributed by atoms with Gasteiger partial charge in [-0.2, -0.15) is 0 Å². The van der Waals surface area contributed by atoms with E-state index in [9.17, 15) is 19.8 Å². The number of aliphatic carboxylic acids is 2. The molecular formula is C34H34N4O4. The van der Waals surface area contributed by atoms with Crippen LogP contribution in [0.4, 0.5) is 0 Å². The van der Waals surface area contributed by atoms with Crippen molar-refractivity contribution in [1.82, 2.24) is 19.9 Å². The van der Waals surface area contributed by atoms with E-state index in [2.05, 4.69) is 29.2 Å². The molecule has 0 unspecified atom stereocenters. The van der Waals surface area contributed by atoms with Gasteiger partial charge in [0.25, 0.3) is 0 Å². The van der Waals surface area contributed by atoms with Crippen LogP contribution in [0.25, 0.3) is 56.5 Å². The van der Waals surface area contributed by atoms with Crippen LogP contribution in [0.3, 0.4) is 0 Å². The van der Waals surface area contributed by atoms with Crippen molar-refractivity contribution in [3.63, 3.8) is 0 Å². The van der Waals surface area contributed by atoms with Gasteiger partial charge in [-0.25, -0.2) is 9.97 Å². The molecule has 214 valence electrons. The molecule has 0 spiro atoms. The molecule has 0 fully saturated rings. The van der Waals surface area contributed by atoms with E-state index in [4.69, 9.17) is 9.97 Å². The summed E-state index contributed by atoms with van der Waals surface area (Å²) in [5.41, 5.74) is 13.7. The zero-order valence-electron chi connectivity index (χ0n) is 24.3. The summed E-state index contributed by atoms with van der Waals surface area (Å²) in [5.74, 6) is -1.78. The summed E-state index contributed by atoms with van der Waals surface area (Å²) in [6, 6.07) is 7.88. The van der Waals surface area contributed by atoms with Crippen molar-refractivity contribution < 1.29 is 19.8 Å². The van der Waals surface area contributed by atoms with Crippen molar-refractivity contribution in [2.45, 2.75) is 53.4 Å². The number of rotatable bonds is 8. The molecule has 3 aromatic rings. The zero-order chi connectivity index (χ0) is 30.3. The molecule has 5 rings (SSSR count). The number of carboxylic acids is 2. The monoisotopic (exact) mass is 562 g/mol. The Morgan fingerprint density at radius 3 is 1.43 bits per heavy atom. The third-order valence-electron chi connectivity index (χ3n) is 8.22. The highest BCUT2D eigenvalue weighted by Crippen LogP contribution is 2.38. The highest BCUT2D eigenvalue weighted by molar-refractivity contribution is 5.97. The fourth-order valence-electron chi connectivity index (χ4n) is 5.77. The second-order valence-electron chi connectivity index (χ2n) is 10.7. The molecule has 0 saturated heterocycles. The Morgan fingerprint density at radius 1 is 0.667 bits per heavy atom. The minimum Gasteiger partial charge on any atom is -0.481 e. The molecular weight excluding hydrogens is 528 g/mol. The first-order valence-electron chi connectivity index (χ1n) is 13.9. The van der Waals surface area contributed by atoms with E-state index in [1.807, 2.05) is 58.0 Å². The number of hydrogen-bond acceptors (Lipinski definition) is 4. The van der Waals surface area contributed by atoms with Gasteiger partial charge in [0, 0.05) is 46.0 Å². The lowest BCUT2D eigenvalue weighted by molar-refractivity contribution is -0.137. The van der Waals surface area contributed by atoms with E-state index in [1.54, 1.807) is 0 Å². The van der Waals surface area contributed by atoms with Gasteiger partial charge in [-0.1, -0.05) is 25.3 Å². The number of nitrogens with zero attached hydrogens (tertiary/aromatic N) is 2. The van der Waals surface area contributed by atoms with Gasteiger partial charge in [0.2, 0.25) is 0 Å². The van der Waals surface area contributed by atoms with Crippen LogP contribution in [0.5, 0.6) is 0 Å². The van der Waals surface area contributed by atoms with Crippen LogP contribution in [0.2, 0.25) is 0 Å². The average Bonchev–Trinajstić information content (AvgIpc) is 3.59. The summed E-state index contributed by atoms with van der Waals surface area (Å²) in [6.07, 6.45) is 4.18. The summed E-state index contributed by atoms with van der Waals surface area (Å²) in [6.45, 7) is 16.1. The molecule has 0 aromatic carbocycles. The summed E-state index contributed by atoms with van der Waals surface area (Å²) in [5, 5.41) is 18.9. The lowest BCUT2D eigenvalue weighted by atomic mass is 9.98. The second kappa shape index (κ2) is 11.1. The maximum Gasteiger partial charge on any atom is 0.303 e. The quantitative estimate of drug-likeness (QED) is 0.221. The van der Waals surface area contributed by atoms with Crippen LogP contribution >= 0.6 is 0 Å². The summed E-state index contributed by atoms with van der Waals surface area (Å²) < 4.78 is 0. The molecule has 3 aromatic heterocycles. The molecule has 8 bridgehead atoms. The largest absolute Gasteiger partial charge is 0.481 e. The molecule has 2 aliphatic rings. The van der Waals surface area contributed by atoms with E-state index in [0.29, 0.717) is 24.2 Å². The standard InChI is InChI=1S/C34H34N4O4/c1-7-21-17(3)25-13-26-18(4)22(8-2)30(36-26)15-28-20(6)24(10-12-34(41)42)32(38-28)16-31-23(9-11-33(39)40)19(5)27(37-31)14-29(21)35-25/h7-8,13-16,35-36H,1-2,9-12H2,3-6H3,(H,39,40)(H,41,42). The molecule has 5 heterocycles. The molecule has 8 nitrogen and oxygen atoms in total. The van der Waals surface area contributed by atoms with Gasteiger partial charge in [-0.15, -0.1) is 0 Å². The Morgan fingerprint density at radius 2 is 1.07 bits per heavy atom. The molecule has 0 aliphatic carbocycles. The van der Waals surface area contributed by atoms with Gasteiger partial charge in [0.05, 0.1) is 22.8 Å². The van der Waals surface area contributed by atoms with Gasteiger partial charge in [-0.05, 0) is 98.2 Å². The summed E-state index contributed by atoms with van der Waals surface area (Å²) in [4.78, 5) is 40.0. The van der Waals surface area contributed by atoms with Gasteiger partial charge < -0.3 is 20.2 Å². The molecule has 0 saturated carbocycles. The number of H-pyrrole nitrogens is 2. The van der Waals surface area contributed by atoms with Crippen molar-refractivity contribution >= 4 is 68.4 Å². The maximum absolute atomic E-state index is 11.5. The summed E-state index contributed by atoms with van der Waals surface area (Å²) in [7, 11) is 0. The fraction of sp³-hybridized carbons (Fsp3) is 0.235. The number of fused-ring (bicyclic) bond motifs is 8. The number of aryl methyl sites for hydroxylation is 2. The minimum atomic E-state index is -0.889. The lowest BCUT2D eigenvalue weighted by Gasteiger charge is -2.05. The van der Waals surface area contributed by atoms with Crippen molar-refractivity contribution in [3.8, 4) is 0 Å². The first-order chi connectivity index (χ1) is 20.0. The number of aromatic nitrogens is 4. The predicted molar refractivity (Wildman–Crippen MR) is 169 cm³/mol. The Balaban J connectivity index is 1.93. The molecule has 0 atom stereocenters. The van der Waals surface area contributed by atoms with Gasteiger partial charge >= 0.3 is 11.9 Å². The van der Waals surface area contributed by atoms with Crippen LogP contribution in [0.15, 0.2) is 37.4 Å². The van der Waals surface area contributed by atoms with Gasteiger partial charge in [-0.3, -0.25) is 9.59 Å². The zero-order valence-corrected chi connectivity index (χ0v) is 24.3. The first-order valence-corrected chi connectivity index (χ1v) is 13.9. The van der Waals surface area contributed by atoms with Crippen LogP contribution in [0.1, 0.15) is 84.6 Å². The lowest BCUT2D eigenvalue weighted by Crippen LogP contribution is -1.97. The van der Waals surface area contributed by atoms with E-state index in [-0.39, 0.29) is 12.8 Å². The Bertz CT molecular complexity index is 1780. The van der Waals surface area contributed by atoms with Crippen molar-refractivity contribution in [3.05, 3.63) is 82.5 Å². The molecule has 0 amide bonds. The van der Waals surface area contributed by atoms with Gasteiger partial charge in [0.1, 0.15) is 0 Å². The number of aromatic amines is 2. The van der Waals surface area contributed by atoms with Crippen LogP contribution in [-0.4, -0.2) is 42.1 Å². The second-order valence-corrected chi connectivity index (χ2v) is 10.7. The predicted octanol–water partition coefficient (Wildman–Crippen LogP) is 7.81. The Labute approximate surface area is 243 Å². The molecule has 2 aliphatic heterocycles. The van der Waals surface area contributed by atoms with Crippen LogP contribution in [0, 0.1) is 13.8 Å². The van der Waals surface area contributed by atoms with Crippen molar-refractivity contribution in [1.29, 1.82) is 0 Å². The SMILES string of the molecule is C=Cc1c(C)c2cc3[nH]c(cc4nc(cc5nc(cc1[nH]2)C(C)=C5CCC(=O)O)C(CCC(=O)O)=C4C)c(C=C)c3C. The fourth-order valence-corrected chi connectivity index (χ4v) is 5.77. The number of carbonyl (C=O) groups is 2. The van der Waals surface area contributed by atoms with Crippen molar-refractivity contribution in [2.75, 3.05) is 0 Å². The molecule has 4 N–H and O–H groups in total. The smallest absolute Gasteiger partial charge is 0.303 e. The highest BCUT2D eigenvalue weighted by atomic mass is 16.4. The van der Waals surface area contributed by atoms with Crippen molar-refractivity contribution in [2.24, 2.45) is 0 Å². The Hall–Kier alpha value is -4.98. The Kier molecular flexibility index (Phi) is 7.56. The number of allylic oxidation sites excluding steroid dienone is 4. The average molecular weight is 563 g/mol. The molecule has 0 radical (unpaired) electrons. The van der Waals surface area contributed by atoms with E-state index < -0.39 is 11.9 Å². The number of carboxylic acid groups (broad SMARTS) is 2. The number of nitrogens with one attached hydrogen (secondary N) is 2. The normalized spacial score (nSPS) is 13.0. The third-order valence-corrected chi connectivity index (χ3v) is 8.22. The third kappa shape index (κ3) is 5.11. The van der Waals surface area contributed by atoms with Crippen LogP contribution < -0.4 is 0 Å². The maximum atomic E-state index is 11.5. The van der Waals surface area contributed by atoms with Crippen LogP contribution in [-0.2, 0) is 9.59 Å². The van der Waals surface area contributed by atoms with E-state index in [0.717, 1.165) is 78.0 Å². The van der Waals surface area contributed by atoms with E-state index >= 15 is 0 Å². The van der Waals surface area contributed by atoms with E-state index in [1.165, 1.54) is 0 Å². The minimum absolute atomic E-state index is 0.0393. The number of hydrogen-bond donors (Lipinski definition) is 4. The highest BCUT2D eigenvalue weighted by Gasteiger charge is 2.22. The molecule has 42 heavy (non-hydrogen) atoms. The molecule has 8 heteroatoms. The summed E-state index contributed by atoms with van der Waals surface area (Å²) >= 11 is 0. The van der Waals surface area contributed by atoms with Gasteiger partial charge in [0.15, 0.2) is 0 Å².